The first kappa shape index (κ1) is 18.5. The summed E-state index contributed by atoms with van der Waals surface area (Å²) in [6, 6.07) is 22.5. The highest BCUT2D eigenvalue weighted by atomic mass is 19.4. The van der Waals surface area contributed by atoms with Gasteiger partial charge in [-0.05, 0) is 42.0 Å². The Balaban J connectivity index is 1.80. The number of anilines is 2. The van der Waals surface area contributed by atoms with Gasteiger partial charge in [0.15, 0.2) is 0 Å². The first-order valence-electron chi connectivity index (χ1n) is 8.28. The molecule has 3 aromatic carbocycles. The molecule has 0 fully saturated rings. The Hall–Kier alpha value is -3.28. The van der Waals surface area contributed by atoms with Crippen LogP contribution < -0.4 is 10.2 Å². The van der Waals surface area contributed by atoms with Crippen LogP contribution in [0.15, 0.2) is 84.9 Å². The number of urea groups is 1. The summed E-state index contributed by atoms with van der Waals surface area (Å²) < 4.78 is 38.0. The Morgan fingerprint density at radius 1 is 0.815 bits per heavy atom. The van der Waals surface area contributed by atoms with Gasteiger partial charge in [0.1, 0.15) is 0 Å². The van der Waals surface area contributed by atoms with Crippen LogP contribution in [0.1, 0.15) is 11.1 Å². The molecule has 0 bridgehead atoms. The van der Waals surface area contributed by atoms with Gasteiger partial charge in [0.2, 0.25) is 0 Å². The lowest BCUT2D eigenvalue weighted by atomic mass is 10.2. The van der Waals surface area contributed by atoms with Crippen LogP contribution in [0.5, 0.6) is 0 Å². The van der Waals surface area contributed by atoms with E-state index in [2.05, 4.69) is 5.32 Å². The van der Waals surface area contributed by atoms with Crippen LogP contribution in [0.3, 0.4) is 0 Å². The fourth-order valence-electron chi connectivity index (χ4n) is 2.59. The highest BCUT2D eigenvalue weighted by Crippen LogP contribution is 2.30. The SMILES string of the molecule is O=C(Nc1ccc(C(F)(F)F)cc1)N(Cc1ccccc1)c1ccccc1. The van der Waals surface area contributed by atoms with E-state index in [1.54, 1.807) is 12.1 Å². The smallest absolute Gasteiger partial charge is 0.308 e. The number of hydrogen-bond donors (Lipinski definition) is 1. The molecule has 0 atom stereocenters. The van der Waals surface area contributed by atoms with E-state index < -0.39 is 17.8 Å². The molecule has 0 saturated carbocycles. The Labute approximate surface area is 155 Å². The molecule has 0 unspecified atom stereocenters. The largest absolute Gasteiger partial charge is 0.416 e. The van der Waals surface area contributed by atoms with Crippen molar-refractivity contribution in [1.82, 2.24) is 0 Å². The van der Waals surface area contributed by atoms with E-state index >= 15 is 0 Å². The van der Waals surface area contributed by atoms with Crippen molar-refractivity contribution in [3.8, 4) is 0 Å². The van der Waals surface area contributed by atoms with Gasteiger partial charge in [0, 0.05) is 11.4 Å². The molecule has 6 heteroatoms. The standard InChI is InChI=1S/C21H17F3N2O/c22-21(23,24)17-11-13-18(14-12-17)25-20(27)26(19-9-5-2-6-10-19)15-16-7-3-1-4-8-16/h1-14H,15H2,(H,25,27). The summed E-state index contributed by atoms with van der Waals surface area (Å²) in [7, 11) is 0. The summed E-state index contributed by atoms with van der Waals surface area (Å²) in [5.41, 5.74) is 1.15. The Kier molecular flexibility index (Phi) is 5.45. The second kappa shape index (κ2) is 7.95. The van der Waals surface area contributed by atoms with Gasteiger partial charge in [0.25, 0.3) is 0 Å². The van der Waals surface area contributed by atoms with E-state index in [-0.39, 0.29) is 0 Å². The normalized spacial score (nSPS) is 11.1. The number of amides is 2. The van der Waals surface area contributed by atoms with Crippen molar-refractivity contribution in [3.63, 3.8) is 0 Å². The molecule has 2 amide bonds. The molecule has 0 aromatic heterocycles. The minimum atomic E-state index is -4.41. The summed E-state index contributed by atoms with van der Waals surface area (Å²) in [5, 5.41) is 2.66. The van der Waals surface area contributed by atoms with Gasteiger partial charge in [-0.2, -0.15) is 13.2 Å². The topological polar surface area (TPSA) is 32.3 Å². The molecule has 27 heavy (non-hydrogen) atoms. The highest BCUT2D eigenvalue weighted by molar-refractivity contribution is 6.01. The van der Waals surface area contributed by atoms with Crippen molar-refractivity contribution in [3.05, 3.63) is 96.1 Å². The maximum Gasteiger partial charge on any atom is 0.416 e. The zero-order chi connectivity index (χ0) is 19.3. The number of alkyl halides is 3. The fourth-order valence-corrected chi connectivity index (χ4v) is 2.59. The molecule has 1 N–H and O–H groups in total. The molecule has 0 aliphatic heterocycles. The summed E-state index contributed by atoms with van der Waals surface area (Å²) in [6.45, 7) is 0.331. The maximum absolute atomic E-state index is 12.8. The molecule has 3 rings (SSSR count). The zero-order valence-electron chi connectivity index (χ0n) is 14.3. The number of halogens is 3. The Morgan fingerprint density at radius 2 is 1.37 bits per heavy atom. The highest BCUT2D eigenvalue weighted by Gasteiger charge is 2.30. The van der Waals surface area contributed by atoms with Crippen LogP contribution in [0, 0.1) is 0 Å². The number of rotatable bonds is 4. The van der Waals surface area contributed by atoms with Gasteiger partial charge in [-0.1, -0.05) is 48.5 Å². The number of carbonyl (C=O) groups excluding carboxylic acids is 1. The lowest BCUT2D eigenvalue weighted by Crippen LogP contribution is -2.34. The minimum Gasteiger partial charge on any atom is -0.308 e. The monoisotopic (exact) mass is 370 g/mol. The average molecular weight is 370 g/mol. The third kappa shape index (κ3) is 4.88. The first-order valence-corrected chi connectivity index (χ1v) is 8.28. The third-order valence-corrected chi connectivity index (χ3v) is 3.96. The molecule has 0 aliphatic carbocycles. The molecule has 3 nitrogen and oxygen atoms in total. The van der Waals surface area contributed by atoms with E-state index in [0.717, 1.165) is 17.7 Å². The minimum absolute atomic E-state index is 0.294. The van der Waals surface area contributed by atoms with Crippen molar-refractivity contribution in [2.75, 3.05) is 10.2 Å². The summed E-state index contributed by atoms with van der Waals surface area (Å²) in [5.74, 6) is 0. The summed E-state index contributed by atoms with van der Waals surface area (Å²) in [6.07, 6.45) is -4.41. The summed E-state index contributed by atoms with van der Waals surface area (Å²) in [4.78, 5) is 14.3. The van der Waals surface area contributed by atoms with E-state index in [1.165, 1.54) is 17.0 Å². The third-order valence-electron chi connectivity index (χ3n) is 3.96. The van der Waals surface area contributed by atoms with Crippen molar-refractivity contribution >= 4 is 17.4 Å². The van der Waals surface area contributed by atoms with Crippen LogP contribution in [-0.4, -0.2) is 6.03 Å². The average Bonchev–Trinajstić information content (AvgIpc) is 2.67. The lowest BCUT2D eigenvalue weighted by Gasteiger charge is -2.23. The van der Waals surface area contributed by atoms with Gasteiger partial charge in [-0.3, -0.25) is 4.90 Å². The van der Waals surface area contributed by atoms with Gasteiger partial charge in [-0.15, -0.1) is 0 Å². The van der Waals surface area contributed by atoms with Gasteiger partial charge >= 0.3 is 12.2 Å². The van der Waals surface area contributed by atoms with E-state index in [4.69, 9.17) is 0 Å². The number of benzene rings is 3. The van der Waals surface area contributed by atoms with Crippen LogP contribution in [0.4, 0.5) is 29.3 Å². The van der Waals surface area contributed by atoms with E-state index in [9.17, 15) is 18.0 Å². The number of carbonyl (C=O) groups is 1. The van der Waals surface area contributed by atoms with Crippen molar-refractivity contribution < 1.29 is 18.0 Å². The van der Waals surface area contributed by atoms with Gasteiger partial charge < -0.3 is 5.32 Å². The molecule has 0 radical (unpaired) electrons. The predicted molar refractivity (Wildman–Crippen MR) is 99.5 cm³/mol. The second-order valence-electron chi connectivity index (χ2n) is 5.91. The summed E-state index contributed by atoms with van der Waals surface area (Å²) >= 11 is 0. The molecule has 138 valence electrons. The van der Waals surface area contributed by atoms with Crippen LogP contribution in [0.2, 0.25) is 0 Å². The molecule has 3 aromatic rings. The molecule has 0 saturated heterocycles. The molecule has 0 aliphatic rings. The van der Waals surface area contributed by atoms with Gasteiger partial charge in [-0.25, -0.2) is 4.79 Å². The number of hydrogen-bond acceptors (Lipinski definition) is 1. The molecule has 0 spiro atoms. The van der Waals surface area contributed by atoms with Crippen LogP contribution in [-0.2, 0) is 12.7 Å². The molecular formula is C21H17F3N2O. The fraction of sp³-hybridized carbons (Fsp3) is 0.0952. The zero-order valence-corrected chi connectivity index (χ0v) is 14.3. The van der Waals surface area contributed by atoms with Crippen LogP contribution >= 0.6 is 0 Å². The van der Waals surface area contributed by atoms with Crippen molar-refractivity contribution in [2.24, 2.45) is 0 Å². The molecular weight excluding hydrogens is 353 g/mol. The second-order valence-corrected chi connectivity index (χ2v) is 5.91. The van der Waals surface area contributed by atoms with Crippen LogP contribution in [0.25, 0.3) is 0 Å². The number of nitrogens with zero attached hydrogens (tertiary/aromatic N) is 1. The van der Waals surface area contributed by atoms with Crippen molar-refractivity contribution in [2.45, 2.75) is 12.7 Å². The maximum atomic E-state index is 12.8. The Morgan fingerprint density at radius 3 is 1.93 bits per heavy atom. The predicted octanol–water partition coefficient (Wildman–Crippen LogP) is 5.94. The first-order chi connectivity index (χ1) is 12.9. The Bertz CT molecular complexity index is 879. The number of para-hydroxylation sites is 1. The quantitative estimate of drug-likeness (QED) is 0.605. The van der Waals surface area contributed by atoms with Gasteiger partial charge in [0.05, 0.1) is 12.1 Å². The lowest BCUT2D eigenvalue weighted by molar-refractivity contribution is -0.137. The van der Waals surface area contributed by atoms with E-state index in [0.29, 0.717) is 17.9 Å². The molecule has 0 heterocycles. The van der Waals surface area contributed by atoms with E-state index in [1.807, 2.05) is 48.5 Å². The number of nitrogens with one attached hydrogen (secondary N) is 1. The van der Waals surface area contributed by atoms with Crippen molar-refractivity contribution in [1.29, 1.82) is 0 Å².